The number of benzene rings is 3. The molecule has 18 heteroatoms. The molecule has 0 spiro atoms. The van der Waals surface area contributed by atoms with Crippen LogP contribution in [0, 0.1) is 18.2 Å². The zero-order chi connectivity index (χ0) is 38.7. The number of anilines is 2. The van der Waals surface area contributed by atoms with Crippen LogP contribution in [0.2, 0.25) is 0 Å². The second-order valence-electron chi connectivity index (χ2n) is 10.6. The van der Waals surface area contributed by atoms with Crippen molar-refractivity contribution in [2.45, 2.75) is 52.7 Å². The lowest BCUT2D eigenvalue weighted by Crippen LogP contribution is -2.21. The Hall–Kier alpha value is -5.81. The van der Waals surface area contributed by atoms with Crippen LogP contribution in [0.3, 0.4) is 0 Å². The number of imidazole rings is 1. The maximum atomic E-state index is 15.9. The fourth-order valence-electron chi connectivity index (χ4n) is 3.95. The van der Waals surface area contributed by atoms with E-state index in [1.54, 1.807) is 47.5 Å². The van der Waals surface area contributed by atoms with E-state index in [9.17, 15) is 26.3 Å². The molecule has 276 valence electrons. The Labute approximate surface area is 287 Å². The van der Waals surface area contributed by atoms with Crippen molar-refractivity contribution in [1.29, 1.82) is 5.41 Å². The predicted octanol–water partition coefficient (Wildman–Crippen LogP) is 7.60. The Morgan fingerprint density at radius 1 is 0.961 bits per heavy atom. The van der Waals surface area contributed by atoms with Gasteiger partial charge >= 0.3 is 24.3 Å². The molecule has 1 heterocycles. The number of alkyl halides is 6. The normalized spacial score (nSPS) is 11.1. The lowest BCUT2D eigenvalue weighted by molar-refractivity contribution is -0.193. The van der Waals surface area contributed by atoms with Crippen molar-refractivity contribution in [1.82, 2.24) is 9.97 Å². The van der Waals surface area contributed by atoms with Crippen LogP contribution in [0.15, 0.2) is 66.9 Å². The predicted molar refractivity (Wildman–Crippen MR) is 173 cm³/mol. The SMILES string of the molecule is CCOc1cc(OC(C)C)c(F)c(N(Cc2ncc(-c3ccc(C)cc3)[nH]2)c2ccc(C(=N)N)cc2)c1.O=C(O)C(F)(F)F.O=C(O)C(F)(F)F. The molecule has 0 aliphatic heterocycles. The zero-order valence-electron chi connectivity index (χ0n) is 27.5. The molecule has 0 aliphatic rings. The third kappa shape index (κ3) is 12.9. The number of aromatic nitrogens is 2. The number of nitrogens with zero attached hydrogens (tertiary/aromatic N) is 2. The number of halogens is 7. The number of amidine groups is 1. The Morgan fingerprint density at radius 3 is 1.94 bits per heavy atom. The van der Waals surface area contributed by atoms with Gasteiger partial charge in [0.05, 0.1) is 36.8 Å². The Morgan fingerprint density at radius 2 is 1.49 bits per heavy atom. The van der Waals surface area contributed by atoms with Crippen LogP contribution in [0.1, 0.15) is 37.7 Å². The molecule has 0 atom stereocenters. The van der Waals surface area contributed by atoms with Gasteiger partial charge in [0.15, 0.2) is 11.6 Å². The summed E-state index contributed by atoms with van der Waals surface area (Å²) in [5.74, 6) is -4.79. The highest BCUT2D eigenvalue weighted by molar-refractivity contribution is 5.95. The number of nitrogens with two attached hydrogens (primary N) is 1. The summed E-state index contributed by atoms with van der Waals surface area (Å²) in [6.45, 7) is 8.29. The van der Waals surface area contributed by atoms with Crippen molar-refractivity contribution >= 4 is 29.1 Å². The minimum absolute atomic E-state index is 0.0379. The Balaban J connectivity index is 0.000000543. The summed E-state index contributed by atoms with van der Waals surface area (Å²) in [7, 11) is 0. The summed E-state index contributed by atoms with van der Waals surface area (Å²) in [6.07, 6.45) is -8.61. The second kappa shape index (κ2) is 17.7. The van der Waals surface area contributed by atoms with Crippen molar-refractivity contribution < 1.29 is 60.0 Å². The minimum atomic E-state index is -5.08. The molecular formula is C33H34F7N5O6. The molecule has 4 aromatic rings. The van der Waals surface area contributed by atoms with E-state index >= 15 is 4.39 Å². The highest BCUT2D eigenvalue weighted by atomic mass is 19.4. The van der Waals surface area contributed by atoms with Gasteiger partial charge in [-0.2, -0.15) is 26.3 Å². The molecule has 4 rings (SSSR count). The maximum absolute atomic E-state index is 15.9. The summed E-state index contributed by atoms with van der Waals surface area (Å²) < 4.78 is 90.9. The van der Waals surface area contributed by atoms with Crippen LogP contribution in [0.4, 0.5) is 42.1 Å². The lowest BCUT2D eigenvalue weighted by atomic mass is 10.1. The number of nitrogen functional groups attached to an aromatic ring is 1. The van der Waals surface area contributed by atoms with E-state index in [2.05, 4.69) is 9.97 Å². The number of aromatic amines is 1. The third-order valence-electron chi connectivity index (χ3n) is 6.23. The van der Waals surface area contributed by atoms with Gasteiger partial charge in [0.2, 0.25) is 0 Å². The monoisotopic (exact) mass is 729 g/mol. The molecule has 0 aliphatic carbocycles. The largest absolute Gasteiger partial charge is 0.494 e. The van der Waals surface area contributed by atoms with Crippen LogP contribution in [0.25, 0.3) is 11.3 Å². The number of rotatable bonds is 10. The first kappa shape index (κ1) is 41.4. The molecule has 3 aromatic carbocycles. The lowest BCUT2D eigenvalue weighted by Gasteiger charge is -2.26. The summed E-state index contributed by atoms with van der Waals surface area (Å²) >= 11 is 0. The van der Waals surface area contributed by atoms with Gasteiger partial charge in [-0.15, -0.1) is 0 Å². The molecule has 6 N–H and O–H groups in total. The van der Waals surface area contributed by atoms with Crippen molar-refractivity contribution in [3.05, 3.63) is 89.6 Å². The zero-order valence-corrected chi connectivity index (χ0v) is 27.5. The molecule has 0 amide bonds. The van der Waals surface area contributed by atoms with Crippen molar-refractivity contribution in [2.24, 2.45) is 5.73 Å². The van der Waals surface area contributed by atoms with Gasteiger partial charge in [0, 0.05) is 23.4 Å². The first-order valence-electron chi connectivity index (χ1n) is 14.7. The summed E-state index contributed by atoms with van der Waals surface area (Å²) in [5, 5.41) is 22.0. The first-order valence-corrected chi connectivity index (χ1v) is 14.7. The molecule has 11 nitrogen and oxygen atoms in total. The average molecular weight is 730 g/mol. The van der Waals surface area contributed by atoms with E-state index < -0.39 is 30.1 Å². The Bertz CT molecular complexity index is 1750. The second-order valence-corrected chi connectivity index (χ2v) is 10.6. The van der Waals surface area contributed by atoms with E-state index in [1.165, 1.54) is 5.56 Å². The summed E-state index contributed by atoms with van der Waals surface area (Å²) in [5.41, 5.74) is 10.3. The number of H-pyrrole nitrogens is 1. The van der Waals surface area contributed by atoms with E-state index in [0.717, 1.165) is 11.3 Å². The minimum Gasteiger partial charge on any atom is -0.494 e. The van der Waals surface area contributed by atoms with Crippen molar-refractivity contribution in [3.63, 3.8) is 0 Å². The molecule has 0 unspecified atom stereocenters. The molecule has 0 bridgehead atoms. The molecule has 51 heavy (non-hydrogen) atoms. The fourth-order valence-corrected chi connectivity index (χ4v) is 3.95. The van der Waals surface area contributed by atoms with Crippen LogP contribution in [-0.4, -0.2) is 63.0 Å². The number of carboxylic acids is 2. The van der Waals surface area contributed by atoms with Gasteiger partial charge in [-0.1, -0.05) is 29.8 Å². The highest BCUT2D eigenvalue weighted by Crippen LogP contribution is 2.38. The molecule has 0 saturated heterocycles. The third-order valence-corrected chi connectivity index (χ3v) is 6.23. The van der Waals surface area contributed by atoms with Gasteiger partial charge in [-0.05, 0) is 57.5 Å². The number of ether oxygens (including phenoxy) is 2. The number of hydrogen-bond acceptors (Lipinski definition) is 7. The van der Waals surface area contributed by atoms with E-state index in [1.807, 2.05) is 52.0 Å². The molecule has 0 fully saturated rings. The van der Waals surface area contributed by atoms with Gasteiger partial charge in [-0.3, -0.25) is 5.41 Å². The smallest absolute Gasteiger partial charge is 0.490 e. The number of carbonyl (C=O) groups is 2. The van der Waals surface area contributed by atoms with E-state index in [4.69, 9.17) is 40.4 Å². The fraction of sp³-hybridized carbons (Fsp3) is 0.273. The molecule has 1 aromatic heterocycles. The van der Waals surface area contributed by atoms with Crippen molar-refractivity contribution in [2.75, 3.05) is 11.5 Å². The number of aryl methyl sites for hydroxylation is 1. The quantitative estimate of drug-likeness (QED) is 0.0626. The molecular weight excluding hydrogens is 695 g/mol. The standard InChI is InChI=1S/C29H32FN5O2.2C2HF3O2/c1-5-36-23-14-25(28(30)26(15-23)37-18(2)3)35(22-12-10-21(11-13-22)29(31)32)17-27-33-16-24(34-27)20-8-6-19(4)7-9-20;2*3-2(4,5)1(6)7/h6-16,18H,5,17H2,1-4H3,(H3,31,32)(H,33,34);2*(H,6,7). The summed E-state index contributed by atoms with van der Waals surface area (Å²) in [6, 6.07) is 18.5. The average Bonchev–Trinajstić information content (AvgIpc) is 3.50. The van der Waals surface area contributed by atoms with E-state index in [-0.39, 0.29) is 29.9 Å². The number of carboxylic acid groups (broad SMARTS) is 2. The number of aliphatic carboxylic acids is 2. The Kier molecular flexibility index (Phi) is 14.4. The van der Waals surface area contributed by atoms with Gasteiger partial charge < -0.3 is 35.3 Å². The van der Waals surface area contributed by atoms with Crippen LogP contribution in [-0.2, 0) is 16.1 Å². The van der Waals surface area contributed by atoms with Crippen LogP contribution in [0.5, 0.6) is 11.5 Å². The van der Waals surface area contributed by atoms with Crippen LogP contribution < -0.4 is 20.1 Å². The van der Waals surface area contributed by atoms with Gasteiger partial charge in [0.25, 0.3) is 0 Å². The highest BCUT2D eigenvalue weighted by Gasteiger charge is 2.39. The first-order chi connectivity index (χ1) is 23.6. The number of hydrogen-bond donors (Lipinski definition) is 5. The summed E-state index contributed by atoms with van der Waals surface area (Å²) in [4.78, 5) is 27.5. The molecule has 0 saturated carbocycles. The topological polar surface area (TPSA) is 175 Å². The van der Waals surface area contributed by atoms with Gasteiger partial charge in [-0.25, -0.2) is 19.0 Å². The number of nitrogens with one attached hydrogen (secondary N) is 2. The van der Waals surface area contributed by atoms with Gasteiger partial charge in [0.1, 0.15) is 17.4 Å². The van der Waals surface area contributed by atoms with Crippen LogP contribution >= 0.6 is 0 Å². The van der Waals surface area contributed by atoms with E-state index in [0.29, 0.717) is 29.4 Å². The molecule has 0 radical (unpaired) electrons. The van der Waals surface area contributed by atoms with Crippen molar-refractivity contribution in [3.8, 4) is 22.8 Å². The maximum Gasteiger partial charge on any atom is 0.490 e.